The zero-order chi connectivity index (χ0) is 14.3. The molecule has 108 valence electrons. The lowest BCUT2D eigenvalue weighted by atomic mass is 9.85. The molecule has 0 aliphatic carbocycles. The zero-order valence-electron chi connectivity index (χ0n) is 12.9. The van der Waals surface area contributed by atoms with Crippen molar-refractivity contribution in [1.82, 2.24) is 5.32 Å². The minimum absolute atomic E-state index is 0.377. The van der Waals surface area contributed by atoms with Gasteiger partial charge in [0.2, 0.25) is 0 Å². The molecule has 19 heavy (non-hydrogen) atoms. The highest BCUT2D eigenvalue weighted by Gasteiger charge is 2.18. The molecule has 1 atom stereocenters. The Labute approximate surface area is 118 Å². The van der Waals surface area contributed by atoms with E-state index in [9.17, 15) is 0 Å². The third kappa shape index (κ3) is 5.75. The summed E-state index contributed by atoms with van der Waals surface area (Å²) in [5.74, 6) is 2.13. The summed E-state index contributed by atoms with van der Waals surface area (Å²) in [4.78, 5) is 0. The van der Waals surface area contributed by atoms with Gasteiger partial charge in [0, 0.05) is 12.6 Å². The van der Waals surface area contributed by atoms with Gasteiger partial charge in [0.15, 0.2) is 0 Å². The van der Waals surface area contributed by atoms with Crippen LogP contribution in [0.4, 0.5) is 0 Å². The number of hydrogen-bond acceptors (Lipinski definition) is 2. The number of rotatable bonds is 8. The van der Waals surface area contributed by atoms with Gasteiger partial charge in [-0.05, 0) is 36.3 Å². The summed E-state index contributed by atoms with van der Waals surface area (Å²) in [6.07, 6.45) is 1.01. The summed E-state index contributed by atoms with van der Waals surface area (Å²) < 4.78 is 0. The standard InChI is InChI=1S/C17H30N2/c1-13(2)17(14(3)4)12-19-16(11-18)10-15-8-6-5-7-9-15/h5-9,13-14,16-17,19H,10-12,18H2,1-4H3. The summed E-state index contributed by atoms with van der Waals surface area (Å²) >= 11 is 0. The van der Waals surface area contributed by atoms with Gasteiger partial charge in [-0.25, -0.2) is 0 Å². The van der Waals surface area contributed by atoms with Crippen LogP contribution >= 0.6 is 0 Å². The SMILES string of the molecule is CC(C)C(CNC(CN)Cc1ccccc1)C(C)C. The molecule has 2 heteroatoms. The van der Waals surface area contributed by atoms with Crippen LogP contribution in [0.15, 0.2) is 30.3 Å². The van der Waals surface area contributed by atoms with Gasteiger partial charge >= 0.3 is 0 Å². The Morgan fingerprint density at radius 2 is 1.58 bits per heavy atom. The Morgan fingerprint density at radius 1 is 1.00 bits per heavy atom. The van der Waals surface area contributed by atoms with Crippen molar-refractivity contribution in [1.29, 1.82) is 0 Å². The Hall–Kier alpha value is -0.860. The van der Waals surface area contributed by atoms with Crippen molar-refractivity contribution >= 4 is 0 Å². The predicted octanol–water partition coefficient (Wildman–Crippen LogP) is 3.07. The van der Waals surface area contributed by atoms with Crippen LogP contribution in [-0.2, 0) is 6.42 Å². The zero-order valence-corrected chi connectivity index (χ0v) is 12.9. The van der Waals surface area contributed by atoms with Crippen LogP contribution in [0.2, 0.25) is 0 Å². The molecule has 0 heterocycles. The van der Waals surface area contributed by atoms with Crippen molar-refractivity contribution in [3.63, 3.8) is 0 Å². The molecule has 3 N–H and O–H groups in total. The molecular weight excluding hydrogens is 232 g/mol. The molecule has 0 aromatic heterocycles. The molecule has 1 rings (SSSR count). The van der Waals surface area contributed by atoms with Crippen molar-refractivity contribution < 1.29 is 0 Å². The lowest BCUT2D eigenvalue weighted by Crippen LogP contribution is -2.42. The first kappa shape index (κ1) is 16.2. The van der Waals surface area contributed by atoms with Gasteiger partial charge in [-0.15, -0.1) is 0 Å². The van der Waals surface area contributed by atoms with E-state index in [0.717, 1.165) is 13.0 Å². The average Bonchev–Trinajstić information content (AvgIpc) is 2.38. The normalized spacial score (nSPS) is 13.5. The van der Waals surface area contributed by atoms with E-state index in [1.807, 2.05) is 0 Å². The van der Waals surface area contributed by atoms with Crippen molar-refractivity contribution in [2.24, 2.45) is 23.5 Å². The third-order valence-electron chi connectivity index (χ3n) is 3.96. The van der Waals surface area contributed by atoms with E-state index in [2.05, 4.69) is 63.3 Å². The smallest absolute Gasteiger partial charge is 0.0230 e. The van der Waals surface area contributed by atoms with E-state index >= 15 is 0 Å². The summed E-state index contributed by atoms with van der Waals surface area (Å²) in [6.45, 7) is 11.0. The summed E-state index contributed by atoms with van der Waals surface area (Å²) in [5.41, 5.74) is 7.25. The van der Waals surface area contributed by atoms with Gasteiger partial charge in [0.25, 0.3) is 0 Å². The molecule has 0 saturated carbocycles. The van der Waals surface area contributed by atoms with Gasteiger partial charge < -0.3 is 11.1 Å². The maximum atomic E-state index is 5.90. The fourth-order valence-corrected chi connectivity index (χ4v) is 2.68. The highest BCUT2D eigenvalue weighted by atomic mass is 14.9. The molecule has 0 aliphatic rings. The molecule has 1 aromatic carbocycles. The molecule has 1 unspecified atom stereocenters. The van der Waals surface area contributed by atoms with E-state index in [0.29, 0.717) is 30.3 Å². The minimum Gasteiger partial charge on any atom is -0.329 e. The summed E-state index contributed by atoms with van der Waals surface area (Å²) in [7, 11) is 0. The predicted molar refractivity (Wildman–Crippen MR) is 84.2 cm³/mol. The van der Waals surface area contributed by atoms with Crippen LogP contribution in [0.25, 0.3) is 0 Å². The van der Waals surface area contributed by atoms with E-state index in [4.69, 9.17) is 5.73 Å². The second-order valence-corrected chi connectivity index (χ2v) is 6.18. The molecule has 0 saturated heterocycles. The number of nitrogens with one attached hydrogen (secondary N) is 1. The van der Waals surface area contributed by atoms with Gasteiger partial charge in [-0.1, -0.05) is 58.0 Å². The monoisotopic (exact) mass is 262 g/mol. The van der Waals surface area contributed by atoms with Gasteiger partial charge in [-0.2, -0.15) is 0 Å². The number of hydrogen-bond donors (Lipinski definition) is 2. The summed E-state index contributed by atoms with van der Waals surface area (Å²) in [6, 6.07) is 11.0. The maximum absolute atomic E-state index is 5.90. The third-order valence-corrected chi connectivity index (χ3v) is 3.96. The van der Waals surface area contributed by atoms with Gasteiger partial charge in [0.1, 0.15) is 0 Å². The Morgan fingerprint density at radius 3 is 2.05 bits per heavy atom. The molecule has 2 nitrogen and oxygen atoms in total. The molecule has 0 radical (unpaired) electrons. The number of nitrogens with two attached hydrogens (primary N) is 1. The lowest BCUT2D eigenvalue weighted by molar-refractivity contribution is 0.265. The van der Waals surface area contributed by atoms with Crippen molar-refractivity contribution in [2.45, 2.75) is 40.2 Å². The van der Waals surface area contributed by atoms with E-state index in [1.54, 1.807) is 0 Å². The Balaban J connectivity index is 2.48. The largest absolute Gasteiger partial charge is 0.329 e. The van der Waals surface area contributed by atoms with Crippen LogP contribution in [0, 0.1) is 17.8 Å². The van der Waals surface area contributed by atoms with E-state index in [-0.39, 0.29) is 0 Å². The quantitative estimate of drug-likeness (QED) is 0.755. The first-order valence-electron chi connectivity index (χ1n) is 7.52. The van der Waals surface area contributed by atoms with E-state index < -0.39 is 0 Å². The topological polar surface area (TPSA) is 38.0 Å². The van der Waals surface area contributed by atoms with E-state index in [1.165, 1.54) is 5.56 Å². The first-order valence-corrected chi connectivity index (χ1v) is 7.52. The molecular formula is C17H30N2. The summed E-state index contributed by atoms with van der Waals surface area (Å²) in [5, 5.41) is 3.66. The van der Waals surface area contributed by atoms with Crippen LogP contribution in [0.1, 0.15) is 33.3 Å². The minimum atomic E-state index is 0.377. The second kappa shape index (κ2) is 8.34. The highest BCUT2D eigenvalue weighted by Crippen LogP contribution is 2.19. The van der Waals surface area contributed by atoms with Crippen molar-refractivity contribution in [3.8, 4) is 0 Å². The molecule has 0 bridgehead atoms. The molecule has 0 spiro atoms. The second-order valence-electron chi connectivity index (χ2n) is 6.18. The van der Waals surface area contributed by atoms with Crippen LogP contribution < -0.4 is 11.1 Å². The lowest BCUT2D eigenvalue weighted by Gasteiger charge is -2.28. The fourth-order valence-electron chi connectivity index (χ4n) is 2.68. The molecule has 0 amide bonds. The van der Waals surface area contributed by atoms with Gasteiger partial charge in [-0.3, -0.25) is 0 Å². The molecule has 0 fully saturated rings. The van der Waals surface area contributed by atoms with Crippen LogP contribution in [-0.4, -0.2) is 19.1 Å². The van der Waals surface area contributed by atoms with Crippen molar-refractivity contribution in [2.75, 3.05) is 13.1 Å². The van der Waals surface area contributed by atoms with Crippen molar-refractivity contribution in [3.05, 3.63) is 35.9 Å². The Kier molecular flexibility index (Phi) is 7.11. The Bertz CT molecular complexity index is 324. The van der Waals surface area contributed by atoms with Crippen LogP contribution in [0.3, 0.4) is 0 Å². The fraction of sp³-hybridized carbons (Fsp3) is 0.647. The first-order chi connectivity index (χ1) is 9.04. The van der Waals surface area contributed by atoms with Crippen LogP contribution in [0.5, 0.6) is 0 Å². The maximum Gasteiger partial charge on any atom is 0.0230 e. The number of benzene rings is 1. The highest BCUT2D eigenvalue weighted by molar-refractivity contribution is 5.15. The van der Waals surface area contributed by atoms with Gasteiger partial charge in [0.05, 0.1) is 0 Å². The average molecular weight is 262 g/mol. The molecule has 1 aromatic rings. The molecule has 0 aliphatic heterocycles.